The van der Waals surface area contributed by atoms with Gasteiger partial charge in [-0.1, -0.05) is 40.2 Å². The Balaban J connectivity index is 2.09. The highest BCUT2D eigenvalue weighted by atomic mass is 127. The van der Waals surface area contributed by atoms with Gasteiger partial charge in [0.25, 0.3) is 0 Å². The highest BCUT2D eigenvalue weighted by molar-refractivity contribution is 14.1. The van der Waals surface area contributed by atoms with Crippen molar-refractivity contribution in [2.45, 2.75) is 11.8 Å². The summed E-state index contributed by atoms with van der Waals surface area (Å²) >= 11 is 6.14. The molecule has 102 valence electrons. The molecule has 3 nitrogen and oxygen atoms in total. The summed E-state index contributed by atoms with van der Waals surface area (Å²) < 4.78 is 1.26. The molecule has 0 fully saturated rings. The molecule has 0 aliphatic heterocycles. The maximum Gasteiger partial charge on any atom is 0.323 e. The number of nitrogens with one attached hydrogen (secondary N) is 2. The van der Waals surface area contributed by atoms with Gasteiger partial charge in [0.15, 0.2) is 0 Å². The van der Waals surface area contributed by atoms with Crippen molar-refractivity contribution in [1.82, 2.24) is 9.97 Å². The third-order valence-electron chi connectivity index (χ3n) is 3.33. The molecule has 1 unspecified atom stereocenters. The number of fused-ring (bicyclic) bond motifs is 1. The van der Waals surface area contributed by atoms with Gasteiger partial charge in [-0.25, -0.2) is 4.79 Å². The molecule has 2 N–H and O–H groups in total. The van der Waals surface area contributed by atoms with Gasteiger partial charge in [0.2, 0.25) is 0 Å². The number of H-pyrrole nitrogens is 2. The average Bonchev–Trinajstić information content (AvgIpc) is 2.80. The Morgan fingerprint density at radius 3 is 2.70 bits per heavy atom. The van der Waals surface area contributed by atoms with Crippen LogP contribution in [0.5, 0.6) is 0 Å². The number of aryl methyl sites for hydroxylation is 1. The molecule has 3 rings (SSSR count). The predicted molar refractivity (Wildman–Crippen MR) is 93.6 cm³/mol. The fourth-order valence-corrected chi connectivity index (χ4v) is 4.02. The molecule has 20 heavy (non-hydrogen) atoms. The molecule has 1 heterocycles. The first-order valence-electron chi connectivity index (χ1n) is 6.17. The summed E-state index contributed by atoms with van der Waals surface area (Å²) in [7, 11) is 0. The molecule has 0 radical (unpaired) electrons. The lowest BCUT2D eigenvalue weighted by Gasteiger charge is -2.14. The van der Waals surface area contributed by atoms with Crippen molar-refractivity contribution in [2.24, 2.45) is 0 Å². The molecule has 3 aromatic rings. The van der Waals surface area contributed by atoms with Gasteiger partial charge < -0.3 is 9.97 Å². The first-order chi connectivity index (χ1) is 9.56. The Kier molecular flexibility index (Phi) is 3.72. The number of alkyl halides is 1. The van der Waals surface area contributed by atoms with E-state index in [-0.39, 0.29) is 10.5 Å². The minimum absolute atomic E-state index is 0.108. The summed E-state index contributed by atoms with van der Waals surface area (Å²) in [6, 6.07) is 12.3. The summed E-state index contributed by atoms with van der Waals surface area (Å²) in [5, 5.41) is 0. The lowest BCUT2D eigenvalue weighted by molar-refractivity contribution is 1.15. The maximum atomic E-state index is 11.3. The predicted octanol–water partition coefficient (Wildman–Crippen LogP) is 4.25. The van der Waals surface area contributed by atoms with Crippen LogP contribution in [0.2, 0.25) is 0 Å². The molecular weight excluding hydrogens is 431 g/mol. The van der Waals surface area contributed by atoms with Crippen molar-refractivity contribution in [3.05, 3.63) is 67.1 Å². The van der Waals surface area contributed by atoms with Crippen LogP contribution in [0.4, 0.5) is 0 Å². The summed E-state index contributed by atoms with van der Waals surface area (Å²) in [4.78, 5) is 17.0. The van der Waals surface area contributed by atoms with Crippen LogP contribution in [-0.2, 0) is 0 Å². The van der Waals surface area contributed by atoms with Crippen LogP contribution in [-0.4, -0.2) is 9.97 Å². The topological polar surface area (TPSA) is 48.6 Å². The number of benzene rings is 2. The molecule has 5 heteroatoms. The zero-order valence-electron chi connectivity index (χ0n) is 10.7. The Morgan fingerprint density at radius 1 is 1.15 bits per heavy atom. The first kappa shape index (κ1) is 13.9. The number of hydrogen-bond acceptors (Lipinski definition) is 1. The molecule has 0 aliphatic carbocycles. The van der Waals surface area contributed by atoms with Crippen LogP contribution < -0.4 is 5.69 Å². The van der Waals surface area contributed by atoms with Crippen LogP contribution >= 0.6 is 38.5 Å². The van der Waals surface area contributed by atoms with E-state index in [1.54, 1.807) is 0 Å². The molecule has 0 spiro atoms. The van der Waals surface area contributed by atoms with E-state index in [1.807, 2.05) is 18.2 Å². The number of halogens is 2. The molecule has 0 amide bonds. The zero-order chi connectivity index (χ0) is 14.3. The van der Waals surface area contributed by atoms with Crippen LogP contribution in [0.15, 0.2) is 41.2 Å². The Labute approximate surface area is 138 Å². The number of rotatable bonds is 2. The molecule has 0 bridgehead atoms. The van der Waals surface area contributed by atoms with Crippen molar-refractivity contribution >= 4 is 49.6 Å². The van der Waals surface area contributed by atoms with E-state index < -0.39 is 0 Å². The van der Waals surface area contributed by atoms with Crippen molar-refractivity contribution in [1.29, 1.82) is 0 Å². The highest BCUT2D eigenvalue weighted by Crippen LogP contribution is 2.35. The number of imidazole rings is 1. The maximum absolute atomic E-state index is 11.3. The summed E-state index contributed by atoms with van der Waals surface area (Å²) in [5.74, 6) is 0. The number of hydrogen-bond donors (Lipinski definition) is 2. The Bertz CT molecular complexity index is 837. The number of aromatic nitrogens is 2. The molecule has 2 aromatic carbocycles. The zero-order valence-corrected chi connectivity index (χ0v) is 14.4. The Hall–Kier alpha value is -1.08. The Morgan fingerprint density at radius 2 is 1.90 bits per heavy atom. The van der Waals surface area contributed by atoms with Crippen LogP contribution in [0, 0.1) is 10.5 Å². The fourth-order valence-electron chi connectivity index (χ4n) is 2.25. The third-order valence-corrected chi connectivity index (χ3v) is 5.82. The van der Waals surface area contributed by atoms with Gasteiger partial charge in [-0.3, -0.25) is 0 Å². The van der Waals surface area contributed by atoms with E-state index in [9.17, 15) is 4.79 Å². The van der Waals surface area contributed by atoms with E-state index in [4.69, 9.17) is 0 Å². The monoisotopic (exact) mass is 442 g/mol. The van der Waals surface area contributed by atoms with E-state index in [2.05, 4.69) is 73.6 Å². The van der Waals surface area contributed by atoms with Gasteiger partial charge in [-0.05, 0) is 58.3 Å². The van der Waals surface area contributed by atoms with E-state index in [1.165, 1.54) is 14.7 Å². The molecule has 1 atom stereocenters. The van der Waals surface area contributed by atoms with Crippen LogP contribution in [0.1, 0.15) is 21.5 Å². The summed E-state index contributed by atoms with van der Waals surface area (Å²) in [5.41, 5.74) is 5.12. The number of aromatic amines is 2. The average molecular weight is 443 g/mol. The van der Waals surface area contributed by atoms with Gasteiger partial charge >= 0.3 is 5.69 Å². The fraction of sp³-hybridized carbons (Fsp3) is 0.133. The smallest absolute Gasteiger partial charge is 0.306 e. The van der Waals surface area contributed by atoms with Gasteiger partial charge in [0, 0.05) is 3.57 Å². The highest BCUT2D eigenvalue weighted by Gasteiger charge is 2.15. The van der Waals surface area contributed by atoms with Crippen LogP contribution in [0.3, 0.4) is 0 Å². The molecule has 0 saturated heterocycles. The minimum atomic E-state index is -0.173. The molecule has 1 aromatic heterocycles. The van der Waals surface area contributed by atoms with Crippen molar-refractivity contribution in [3.63, 3.8) is 0 Å². The van der Waals surface area contributed by atoms with E-state index in [0.29, 0.717) is 0 Å². The van der Waals surface area contributed by atoms with Gasteiger partial charge in [0.1, 0.15) is 0 Å². The first-order valence-corrected chi connectivity index (χ1v) is 8.17. The van der Waals surface area contributed by atoms with Crippen molar-refractivity contribution < 1.29 is 0 Å². The van der Waals surface area contributed by atoms with Gasteiger partial charge in [0.05, 0.1) is 15.9 Å². The van der Waals surface area contributed by atoms with E-state index >= 15 is 0 Å². The standard InChI is InChI=1S/C15H12BrIN2O/c1-8-3-2-4-10(14(8)17)13(16)9-5-6-11-12(7-9)19-15(20)18-11/h2-7,13H,1H3,(H2,18,19,20). The van der Waals surface area contributed by atoms with E-state index in [0.717, 1.165) is 16.6 Å². The largest absolute Gasteiger partial charge is 0.323 e. The molecule has 0 aliphatic rings. The molecule has 0 saturated carbocycles. The second-order valence-corrected chi connectivity index (χ2v) is 6.72. The summed E-state index contributed by atoms with van der Waals surface area (Å²) in [6.45, 7) is 2.11. The van der Waals surface area contributed by atoms with Gasteiger partial charge in [-0.15, -0.1) is 0 Å². The normalized spacial score (nSPS) is 12.8. The third kappa shape index (κ3) is 2.44. The SMILES string of the molecule is Cc1cccc(C(Br)c2ccc3[nH]c(=O)[nH]c3c2)c1I. The van der Waals surface area contributed by atoms with Crippen molar-refractivity contribution in [3.8, 4) is 0 Å². The second-order valence-electron chi connectivity index (χ2n) is 4.72. The molecular formula is C15H12BrIN2O. The lowest BCUT2D eigenvalue weighted by Crippen LogP contribution is -1.99. The van der Waals surface area contributed by atoms with Crippen molar-refractivity contribution in [2.75, 3.05) is 0 Å². The lowest BCUT2D eigenvalue weighted by atomic mass is 10.0. The second kappa shape index (κ2) is 5.37. The summed E-state index contributed by atoms with van der Waals surface area (Å²) in [6.07, 6.45) is 0. The minimum Gasteiger partial charge on any atom is -0.306 e. The van der Waals surface area contributed by atoms with Crippen LogP contribution in [0.25, 0.3) is 11.0 Å². The quantitative estimate of drug-likeness (QED) is 0.452. The van der Waals surface area contributed by atoms with Gasteiger partial charge in [-0.2, -0.15) is 0 Å².